The number of carbonyl (C=O) groups excluding carboxylic acids is 2. The number of methoxy groups -OCH3 is 1. The zero-order valence-corrected chi connectivity index (χ0v) is 20.8. The van der Waals surface area contributed by atoms with Crippen molar-refractivity contribution >= 4 is 29.0 Å². The topological polar surface area (TPSA) is 68.2 Å². The normalized spacial score (nSPS) is 22.1. The van der Waals surface area contributed by atoms with Crippen LogP contribution in [0.5, 0.6) is 0 Å². The second kappa shape index (κ2) is 11.1. The molecule has 180 valence electrons. The Labute approximate surface area is 205 Å². The van der Waals surface area contributed by atoms with Crippen molar-refractivity contribution in [3.05, 3.63) is 69.6 Å². The largest absolute Gasteiger partial charge is 0.468 e. The maximum atomic E-state index is 13.8. The number of benzene rings is 1. The molecule has 0 N–H and O–H groups in total. The Morgan fingerprint density at radius 1 is 1.09 bits per heavy atom. The van der Waals surface area contributed by atoms with Crippen molar-refractivity contribution in [1.29, 1.82) is 0 Å². The summed E-state index contributed by atoms with van der Waals surface area (Å²) in [4.78, 5) is 34.4. The van der Waals surface area contributed by atoms with E-state index in [9.17, 15) is 9.59 Å². The van der Waals surface area contributed by atoms with Gasteiger partial charge in [-0.2, -0.15) is 0 Å². The van der Waals surface area contributed by atoms with E-state index in [0.717, 1.165) is 36.4 Å². The highest BCUT2D eigenvalue weighted by molar-refractivity contribution is 7.10. The Bertz CT molecular complexity index is 1060. The van der Waals surface area contributed by atoms with E-state index >= 15 is 0 Å². The minimum Gasteiger partial charge on any atom is -0.468 e. The molecule has 0 amide bonds. The van der Waals surface area contributed by atoms with Gasteiger partial charge in [-0.05, 0) is 56.8 Å². The maximum Gasteiger partial charge on any atom is 0.337 e. The van der Waals surface area contributed by atoms with E-state index in [1.807, 2.05) is 61.7 Å². The van der Waals surface area contributed by atoms with Gasteiger partial charge < -0.3 is 9.47 Å². The highest BCUT2D eigenvalue weighted by Crippen LogP contribution is 2.42. The third kappa shape index (κ3) is 5.31. The number of piperidine rings is 1. The molecule has 7 heteroatoms. The number of ether oxygens (including phenoxy) is 2. The number of allylic oxidation sites excluding steroid dienone is 1. The van der Waals surface area contributed by atoms with Gasteiger partial charge in [-0.15, -0.1) is 11.3 Å². The van der Waals surface area contributed by atoms with E-state index in [0.29, 0.717) is 23.5 Å². The number of thiophene rings is 1. The molecule has 34 heavy (non-hydrogen) atoms. The molecule has 3 unspecified atom stereocenters. The number of likely N-dealkylation sites (tertiary alicyclic amines) is 1. The van der Waals surface area contributed by atoms with Crippen LogP contribution in [0.3, 0.4) is 0 Å². The molecule has 1 aromatic heterocycles. The van der Waals surface area contributed by atoms with Gasteiger partial charge in [0.2, 0.25) is 0 Å². The van der Waals surface area contributed by atoms with Gasteiger partial charge in [-0.1, -0.05) is 42.8 Å². The van der Waals surface area contributed by atoms with Gasteiger partial charge in [0, 0.05) is 28.7 Å². The lowest BCUT2D eigenvalue weighted by Crippen LogP contribution is -2.37. The molecule has 4 rings (SSSR count). The van der Waals surface area contributed by atoms with Crippen LogP contribution in [-0.2, 0) is 19.1 Å². The van der Waals surface area contributed by atoms with Crippen LogP contribution in [0.2, 0.25) is 0 Å². The predicted octanol–water partition coefficient (Wildman–Crippen LogP) is 5.14. The predicted molar refractivity (Wildman–Crippen MR) is 134 cm³/mol. The molecule has 3 heterocycles. The smallest absolute Gasteiger partial charge is 0.337 e. The zero-order valence-electron chi connectivity index (χ0n) is 20.0. The van der Waals surface area contributed by atoms with Crippen LogP contribution >= 0.6 is 11.3 Å². The second-order valence-electron chi connectivity index (χ2n) is 8.91. The van der Waals surface area contributed by atoms with Crippen molar-refractivity contribution in [1.82, 2.24) is 4.90 Å². The molecule has 2 aliphatic rings. The monoisotopic (exact) mass is 480 g/mol. The highest BCUT2D eigenvalue weighted by Gasteiger charge is 2.43. The Kier molecular flexibility index (Phi) is 7.95. The molecule has 0 aliphatic carbocycles. The SMILES string of the molecule is COC(=O)C1C(C)=NC(C)=C(C(=O)OC(CN2CCCCC2)c2ccccc2)C1c1cccs1. The quantitative estimate of drug-likeness (QED) is 0.513. The molecule has 0 bridgehead atoms. The number of hydrogen-bond acceptors (Lipinski definition) is 7. The lowest BCUT2D eigenvalue weighted by Gasteiger charge is -2.33. The molecule has 0 radical (unpaired) electrons. The van der Waals surface area contributed by atoms with Crippen molar-refractivity contribution in [2.24, 2.45) is 10.9 Å². The average molecular weight is 481 g/mol. The molecule has 1 aromatic carbocycles. The first-order chi connectivity index (χ1) is 16.5. The lowest BCUT2D eigenvalue weighted by atomic mass is 9.79. The van der Waals surface area contributed by atoms with Crippen molar-refractivity contribution < 1.29 is 19.1 Å². The number of nitrogens with zero attached hydrogens (tertiary/aromatic N) is 2. The second-order valence-corrected chi connectivity index (χ2v) is 9.89. The molecular weight excluding hydrogens is 448 g/mol. The van der Waals surface area contributed by atoms with Crippen LogP contribution < -0.4 is 0 Å². The summed E-state index contributed by atoms with van der Waals surface area (Å²) in [5.74, 6) is -1.96. The van der Waals surface area contributed by atoms with Crippen LogP contribution in [0.1, 0.15) is 55.6 Å². The minimum absolute atomic E-state index is 0.398. The van der Waals surface area contributed by atoms with Gasteiger partial charge in [0.1, 0.15) is 12.0 Å². The Morgan fingerprint density at radius 2 is 1.82 bits per heavy atom. The third-order valence-electron chi connectivity index (χ3n) is 6.65. The van der Waals surface area contributed by atoms with Gasteiger partial charge in [0.25, 0.3) is 0 Å². The summed E-state index contributed by atoms with van der Waals surface area (Å²) in [6.07, 6.45) is 3.16. The number of hydrogen-bond donors (Lipinski definition) is 0. The van der Waals surface area contributed by atoms with E-state index in [4.69, 9.17) is 9.47 Å². The molecule has 0 spiro atoms. The minimum atomic E-state index is -0.660. The summed E-state index contributed by atoms with van der Waals surface area (Å²) < 4.78 is 11.3. The first-order valence-corrected chi connectivity index (χ1v) is 12.7. The van der Waals surface area contributed by atoms with E-state index in [2.05, 4.69) is 9.89 Å². The third-order valence-corrected chi connectivity index (χ3v) is 7.60. The van der Waals surface area contributed by atoms with Crippen LogP contribution in [0.25, 0.3) is 0 Å². The van der Waals surface area contributed by atoms with E-state index in [1.54, 1.807) is 0 Å². The van der Waals surface area contributed by atoms with Crippen LogP contribution in [0.15, 0.2) is 64.1 Å². The summed E-state index contributed by atoms with van der Waals surface area (Å²) in [7, 11) is 1.37. The number of aliphatic imine (C=N–C) groups is 1. The molecule has 3 atom stereocenters. The number of carbonyl (C=O) groups is 2. The zero-order chi connectivity index (χ0) is 24.1. The number of rotatable bonds is 7. The molecule has 6 nitrogen and oxygen atoms in total. The van der Waals surface area contributed by atoms with E-state index < -0.39 is 29.9 Å². The Morgan fingerprint density at radius 3 is 2.47 bits per heavy atom. The summed E-state index contributed by atoms with van der Waals surface area (Å²) in [5, 5.41) is 1.95. The first kappa shape index (κ1) is 24.4. The fourth-order valence-electron chi connectivity index (χ4n) is 4.96. The van der Waals surface area contributed by atoms with Gasteiger partial charge in [-0.3, -0.25) is 14.7 Å². The van der Waals surface area contributed by atoms with Gasteiger partial charge in [-0.25, -0.2) is 4.79 Å². The van der Waals surface area contributed by atoms with E-state index in [-0.39, 0.29) is 0 Å². The fourth-order valence-corrected chi connectivity index (χ4v) is 5.83. The molecule has 1 saturated heterocycles. The first-order valence-electron chi connectivity index (χ1n) is 11.8. The van der Waals surface area contributed by atoms with Gasteiger partial charge in [0.05, 0.1) is 12.7 Å². The maximum absolute atomic E-state index is 13.8. The summed E-state index contributed by atoms with van der Waals surface area (Å²) in [6, 6.07) is 13.8. The molecule has 0 saturated carbocycles. The van der Waals surface area contributed by atoms with Crippen LogP contribution in [0.4, 0.5) is 0 Å². The van der Waals surface area contributed by atoms with Crippen LogP contribution in [0, 0.1) is 5.92 Å². The Hall–Kier alpha value is -2.77. The number of esters is 2. The van der Waals surface area contributed by atoms with Crippen molar-refractivity contribution in [2.45, 2.75) is 45.1 Å². The molecule has 2 aliphatic heterocycles. The standard InChI is InChI=1S/C27H32N2O4S/c1-18-23(26(30)32-3)25(22-13-10-16-34-22)24(19(2)28-18)27(31)33-21(20-11-6-4-7-12-20)17-29-14-8-5-9-15-29/h4,6-7,10-13,16,21,23,25H,5,8-9,14-15,17H2,1-3H3. The Balaban J connectivity index is 1.67. The summed E-state index contributed by atoms with van der Waals surface area (Å²) in [5.41, 5.74) is 2.63. The van der Waals surface area contributed by atoms with Crippen molar-refractivity contribution in [3.8, 4) is 0 Å². The summed E-state index contributed by atoms with van der Waals surface area (Å²) in [6.45, 7) is 6.30. The van der Waals surface area contributed by atoms with Crippen molar-refractivity contribution in [2.75, 3.05) is 26.7 Å². The lowest BCUT2D eigenvalue weighted by molar-refractivity contribution is -0.147. The van der Waals surface area contributed by atoms with Crippen molar-refractivity contribution in [3.63, 3.8) is 0 Å². The molecular formula is C27H32N2O4S. The van der Waals surface area contributed by atoms with Gasteiger partial charge in [0.15, 0.2) is 0 Å². The highest BCUT2D eigenvalue weighted by atomic mass is 32.1. The van der Waals surface area contributed by atoms with Crippen LogP contribution in [-0.4, -0.2) is 49.3 Å². The molecule has 1 fully saturated rings. The fraction of sp³-hybridized carbons (Fsp3) is 0.444. The van der Waals surface area contributed by atoms with Gasteiger partial charge >= 0.3 is 11.9 Å². The molecule has 2 aromatic rings. The van der Waals surface area contributed by atoms with E-state index in [1.165, 1.54) is 24.9 Å². The average Bonchev–Trinajstić information content (AvgIpc) is 3.38. The summed E-state index contributed by atoms with van der Waals surface area (Å²) >= 11 is 1.52.